The van der Waals surface area contributed by atoms with Gasteiger partial charge in [-0.2, -0.15) is 0 Å². The van der Waals surface area contributed by atoms with E-state index < -0.39 is 0 Å². The Labute approximate surface area is 72.6 Å². The molecule has 0 atom stereocenters. The number of rotatable bonds is 4. The second kappa shape index (κ2) is 5.41. The van der Waals surface area contributed by atoms with Crippen LogP contribution in [0.4, 0.5) is 0 Å². The summed E-state index contributed by atoms with van der Waals surface area (Å²) in [7, 11) is 0. The fraction of sp³-hybridized carbons (Fsp3) is 0.444. The predicted molar refractivity (Wildman–Crippen MR) is 47.6 cm³/mol. The van der Waals surface area contributed by atoms with E-state index in [1.54, 1.807) is 0 Å². The molecule has 12 heavy (non-hydrogen) atoms. The third kappa shape index (κ3) is 3.23. The number of aromatic nitrogens is 3. The van der Waals surface area contributed by atoms with Crippen molar-refractivity contribution in [2.24, 2.45) is 0 Å². The van der Waals surface area contributed by atoms with Crippen LogP contribution in [-0.4, -0.2) is 15.0 Å². The quantitative estimate of drug-likeness (QED) is 0.501. The van der Waals surface area contributed by atoms with E-state index in [2.05, 4.69) is 27.1 Å². The molecule has 1 aromatic heterocycles. The lowest BCUT2D eigenvalue weighted by atomic mass is 10.2. The van der Waals surface area contributed by atoms with Crippen molar-refractivity contribution in [3.63, 3.8) is 0 Å². The van der Waals surface area contributed by atoms with Crippen LogP contribution in [-0.2, 0) is 6.42 Å². The highest BCUT2D eigenvalue weighted by Gasteiger charge is 1.92. The smallest absolute Gasteiger partial charge is 0.131 e. The van der Waals surface area contributed by atoms with Crippen molar-refractivity contribution >= 4 is 0 Å². The molecule has 1 aromatic rings. The molecule has 0 unspecified atom stereocenters. The Kier molecular flexibility index (Phi) is 3.98. The third-order valence-electron chi connectivity index (χ3n) is 1.55. The molecule has 0 bridgehead atoms. The summed E-state index contributed by atoms with van der Waals surface area (Å²) in [5.41, 5.74) is 0. The van der Waals surface area contributed by atoms with E-state index in [9.17, 15) is 0 Å². The van der Waals surface area contributed by atoms with Crippen molar-refractivity contribution < 1.29 is 0 Å². The van der Waals surface area contributed by atoms with E-state index in [0.717, 1.165) is 25.1 Å². The SMILES string of the molecule is CC=CCCCc1ncncn1. The third-order valence-corrected chi connectivity index (χ3v) is 1.55. The maximum absolute atomic E-state index is 4.03. The Morgan fingerprint density at radius 2 is 2.08 bits per heavy atom. The lowest BCUT2D eigenvalue weighted by Gasteiger charge is -1.94. The molecule has 0 aromatic carbocycles. The summed E-state index contributed by atoms with van der Waals surface area (Å²) in [6.45, 7) is 2.03. The molecule has 0 aliphatic heterocycles. The highest BCUT2D eigenvalue weighted by molar-refractivity contribution is 4.84. The van der Waals surface area contributed by atoms with Gasteiger partial charge in [-0.25, -0.2) is 15.0 Å². The first-order valence-corrected chi connectivity index (χ1v) is 4.15. The zero-order valence-corrected chi connectivity index (χ0v) is 7.27. The molecule has 0 radical (unpaired) electrons. The Balaban J connectivity index is 2.24. The van der Waals surface area contributed by atoms with Gasteiger partial charge in [-0.1, -0.05) is 12.2 Å². The van der Waals surface area contributed by atoms with E-state index in [4.69, 9.17) is 0 Å². The van der Waals surface area contributed by atoms with Crippen molar-refractivity contribution in [2.45, 2.75) is 26.2 Å². The molecular formula is C9H13N3. The summed E-state index contributed by atoms with van der Waals surface area (Å²) < 4.78 is 0. The summed E-state index contributed by atoms with van der Waals surface area (Å²) in [4.78, 5) is 11.8. The molecule has 3 heteroatoms. The Morgan fingerprint density at radius 1 is 1.33 bits per heavy atom. The molecule has 1 heterocycles. The van der Waals surface area contributed by atoms with Crippen LogP contribution in [0.2, 0.25) is 0 Å². The van der Waals surface area contributed by atoms with Crippen molar-refractivity contribution in [3.05, 3.63) is 30.6 Å². The Hall–Kier alpha value is -1.25. The maximum Gasteiger partial charge on any atom is 0.131 e. The fourth-order valence-corrected chi connectivity index (χ4v) is 0.937. The van der Waals surface area contributed by atoms with Gasteiger partial charge in [-0.3, -0.25) is 0 Å². The molecule has 0 aliphatic carbocycles. The highest BCUT2D eigenvalue weighted by Crippen LogP contribution is 1.97. The van der Waals surface area contributed by atoms with Gasteiger partial charge in [0.05, 0.1) is 0 Å². The summed E-state index contributed by atoms with van der Waals surface area (Å²) in [5.74, 6) is 0.884. The van der Waals surface area contributed by atoms with Crippen LogP contribution in [0.5, 0.6) is 0 Å². The van der Waals surface area contributed by atoms with Gasteiger partial charge in [0, 0.05) is 6.42 Å². The van der Waals surface area contributed by atoms with Gasteiger partial charge in [0.2, 0.25) is 0 Å². The topological polar surface area (TPSA) is 38.7 Å². The van der Waals surface area contributed by atoms with Gasteiger partial charge >= 0.3 is 0 Å². The minimum absolute atomic E-state index is 0.884. The number of aryl methyl sites for hydroxylation is 1. The lowest BCUT2D eigenvalue weighted by Crippen LogP contribution is -1.94. The summed E-state index contributed by atoms with van der Waals surface area (Å²) in [5, 5.41) is 0. The van der Waals surface area contributed by atoms with E-state index in [1.807, 2.05) is 6.92 Å². The van der Waals surface area contributed by atoms with Crippen molar-refractivity contribution in [1.82, 2.24) is 15.0 Å². The van der Waals surface area contributed by atoms with E-state index in [0.29, 0.717) is 0 Å². The largest absolute Gasteiger partial charge is 0.225 e. The van der Waals surface area contributed by atoms with Gasteiger partial charge in [-0.05, 0) is 19.8 Å². The molecule has 1 rings (SSSR count). The Morgan fingerprint density at radius 3 is 2.75 bits per heavy atom. The van der Waals surface area contributed by atoms with Gasteiger partial charge < -0.3 is 0 Å². The van der Waals surface area contributed by atoms with Gasteiger partial charge in [0.15, 0.2) is 0 Å². The monoisotopic (exact) mass is 163 g/mol. The fourth-order valence-electron chi connectivity index (χ4n) is 0.937. The summed E-state index contributed by atoms with van der Waals surface area (Å²) in [6, 6.07) is 0. The molecule has 0 saturated carbocycles. The first-order chi connectivity index (χ1) is 5.93. The zero-order chi connectivity index (χ0) is 8.65. The lowest BCUT2D eigenvalue weighted by molar-refractivity contribution is 0.773. The molecule has 0 amide bonds. The number of unbranched alkanes of at least 4 members (excludes halogenated alkanes) is 1. The first-order valence-electron chi connectivity index (χ1n) is 4.15. The molecule has 0 spiro atoms. The molecule has 0 N–H and O–H groups in total. The van der Waals surface area contributed by atoms with Crippen LogP contribution in [0, 0.1) is 0 Å². The molecule has 0 saturated heterocycles. The molecule has 3 nitrogen and oxygen atoms in total. The van der Waals surface area contributed by atoms with Crippen molar-refractivity contribution in [1.29, 1.82) is 0 Å². The molecular weight excluding hydrogens is 150 g/mol. The molecule has 64 valence electrons. The van der Waals surface area contributed by atoms with Crippen LogP contribution < -0.4 is 0 Å². The van der Waals surface area contributed by atoms with Gasteiger partial charge in [0.1, 0.15) is 18.5 Å². The number of hydrogen-bond donors (Lipinski definition) is 0. The molecule has 0 aliphatic rings. The second-order valence-corrected chi connectivity index (χ2v) is 2.52. The summed E-state index contributed by atoms with van der Waals surface area (Å²) >= 11 is 0. The average Bonchev–Trinajstić information content (AvgIpc) is 2.14. The highest BCUT2D eigenvalue weighted by atomic mass is 15.0. The number of nitrogens with zero attached hydrogens (tertiary/aromatic N) is 3. The second-order valence-electron chi connectivity index (χ2n) is 2.52. The van der Waals surface area contributed by atoms with Crippen LogP contribution in [0.3, 0.4) is 0 Å². The normalized spacial score (nSPS) is 10.8. The average molecular weight is 163 g/mol. The van der Waals surface area contributed by atoms with Crippen LogP contribution >= 0.6 is 0 Å². The minimum atomic E-state index is 0.884. The van der Waals surface area contributed by atoms with Crippen LogP contribution in [0.15, 0.2) is 24.8 Å². The van der Waals surface area contributed by atoms with E-state index >= 15 is 0 Å². The number of allylic oxidation sites excluding steroid dienone is 2. The zero-order valence-electron chi connectivity index (χ0n) is 7.27. The van der Waals surface area contributed by atoms with Crippen LogP contribution in [0.25, 0.3) is 0 Å². The van der Waals surface area contributed by atoms with E-state index in [-0.39, 0.29) is 0 Å². The minimum Gasteiger partial charge on any atom is -0.225 e. The summed E-state index contributed by atoms with van der Waals surface area (Å²) in [6.07, 6.45) is 10.4. The number of hydrogen-bond acceptors (Lipinski definition) is 3. The van der Waals surface area contributed by atoms with Gasteiger partial charge in [0.25, 0.3) is 0 Å². The standard InChI is InChI=1S/C9H13N3/c1-2-3-4-5-6-9-11-7-10-8-12-9/h2-3,7-8H,4-6H2,1H3. The molecule has 0 fully saturated rings. The maximum atomic E-state index is 4.03. The van der Waals surface area contributed by atoms with Crippen molar-refractivity contribution in [3.8, 4) is 0 Å². The van der Waals surface area contributed by atoms with Crippen LogP contribution in [0.1, 0.15) is 25.6 Å². The first kappa shape index (κ1) is 8.84. The van der Waals surface area contributed by atoms with Gasteiger partial charge in [-0.15, -0.1) is 0 Å². The van der Waals surface area contributed by atoms with E-state index in [1.165, 1.54) is 12.7 Å². The predicted octanol–water partition coefficient (Wildman–Crippen LogP) is 1.77. The Bertz CT molecular complexity index is 231. The van der Waals surface area contributed by atoms with Crippen molar-refractivity contribution in [2.75, 3.05) is 0 Å².